The van der Waals surface area contributed by atoms with Crippen molar-refractivity contribution in [3.05, 3.63) is 47.7 Å². The molecule has 0 saturated carbocycles. The first-order valence-corrected chi connectivity index (χ1v) is 9.71. The zero-order valence-corrected chi connectivity index (χ0v) is 17.4. The summed E-state index contributed by atoms with van der Waals surface area (Å²) in [7, 11) is 0. The monoisotopic (exact) mass is 397 g/mol. The second kappa shape index (κ2) is 7.69. The molecule has 1 unspecified atom stereocenters. The maximum atomic E-state index is 13.0. The second-order valence-electron chi connectivity index (χ2n) is 8.03. The van der Waals surface area contributed by atoms with Gasteiger partial charge in [-0.05, 0) is 37.8 Å². The average Bonchev–Trinajstić information content (AvgIpc) is 3.21. The van der Waals surface area contributed by atoms with Crippen molar-refractivity contribution in [1.82, 2.24) is 20.0 Å². The number of benzene rings is 1. The highest BCUT2D eigenvalue weighted by Crippen LogP contribution is 2.30. The molecule has 29 heavy (non-hydrogen) atoms. The van der Waals surface area contributed by atoms with Crippen molar-refractivity contribution < 1.29 is 14.4 Å². The summed E-state index contributed by atoms with van der Waals surface area (Å²) in [6.07, 6.45) is 1.58. The molecule has 2 heterocycles. The van der Waals surface area contributed by atoms with Gasteiger partial charge >= 0.3 is 6.03 Å². The van der Waals surface area contributed by atoms with Crippen molar-refractivity contribution in [1.29, 1.82) is 0 Å². The van der Waals surface area contributed by atoms with Gasteiger partial charge in [-0.15, -0.1) is 0 Å². The lowest BCUT2D eigenvalue weighted by Gasteiger charge is -2.23. The lowest BCUT2D eigenvalue weighted by molar-refractivity contribution is -0.133. The van der Waals surface area contributed by atoms with Crippen LogP contribution < -0.4 is 10.6 Å². The summed E-state index contributed by atoms with van der Waals surface area (Å²) in [5, 5.41) is 9.60. The number of hydrogen-bond acceptors (Lipinski definition) is 4. The summed E-state index contributed by atoms with van der Waals surface area (Å²) < 4.78 is 1.66. The van der Waals surface area contributed by atoms with Gasteiger partial charge in [-0.3, -0.25) is 14.5 Å². The zero-order chi connectivity index (χ0) is 21.3. The van der Waals surface area contributed by atoms with Gasteiger partial charge in [-0.1, -0.05) is 38.1 Å². The highest BCUT2D eigenvalue weighted by Gasteiger charge is 2.49. The smallest absolute Gasteiger partial charge is 0.319 e. The number of amides is 4. The molecule has 1 aliphatic heterocycles. The van der Waals surface area contributed by atoms with E-state index in [-0.39, 0.29) is 12.6 Å². The number of rotatable bonds is 6. The molecule has 154 valence electrons. The molecule has 0 spiro atoms. The first kappa shape index (κ1) is 20.6. The predicted molar refractivity (Wildman–Crippen MR) is 109 cm³/mol. The van der Waals surface area contributed by atoms with Crippen LogP contribution in [0.3, 0.4) is 0 Å². The van der Waals surface area contributed by atoms with Crippen molar-refractivity contribution in [2.45, 2.75) is 52.1 Å². The normalized spacial score (nSPS) is 19.2. The summed E-state index contributed by atoms with van der Waals surface area (Å²) in [4.78, 5) is 38.9. The molecular formula is C21H27N5O3. The largest absolute Gasteiger partial charge is 0.325 e. The van der Waals surface area contributed by atoms with Gasteiger partial charge in [-0.25, -0.2) is 9.48 Å². The van der Waals surface area contributed by atoms with Crippen LogP contribution in [0.4, 0.5) is 10.6 Å². The Bertz CT molecular complexity index is 932. The second-order valence-corrected chi connectivity index (χ2v) is 8.03. The molecule has 0 radical (unpaired) electrons. The number of urea groups is 1. The van der Waals surface area contributed by atoms with Crippen LogP contribution in [0.15, 0.2) is 36.5 Å². The van der Waals surface area contributed by atoms with E-state index < -0.39 is 23.4 Å². The minimum absolute atomic E-state index is 0.0640. The van der Waals surface area contributed by atoms with Gasteiger partial charge in [0.15, 0.2) is 0 Å². The molecule has 2 aromatic rings. The summed E-state index contributed by atoms with van der Waals surface area (Å²) in [6.45, 7) is 9.35. The van der Waals surface area contributed by atoms with Crippen LogP contribution >= 0.6 is 0 Å². The van der Waals surface area contributed by atoms with Gasteiger partial charge in [-0.2, -0.15) is 5.10 Å². The van der Waals surface area contributed by atoms with E-state index in [1.807, 2.05) is 38.1 Å². The van der Waals surface area contributed by atoms with Crippen LogP contribution in [-0.4, -0.2) is 39.1 Å². The van der Waals surface area contributed by atoms with E-state index in [1.165, 1.54) is 0 Å². The Kier molecular flexibility index (Phi) is 5.46. The molecule has 0 aliphatic carbocycles. The van der Waals surface area contributed by atoms with Gasteiger partial charge in [0.25, 0.3) is 5.91 Å². The number of aromatic nitrogens is 2. The maximum Gasteiger partial charge on any atom is 0.325 e. The van der Waals surface area contributed by atoms with Gasteiger partial charge in [0.05, 0.1) is 6.20 Å². The fourth-order valence-corrected chi connectivity index (χ4v) is 3.39. The van der Waals surface area contributed by atoms with Gasteiger partial charge in [0, 0.05) is 12.1 Å². The Morgan fingerprint density at radius 3 is 2.38 bits per heavy atom. The Morgan fingerprint density at radius 1 is 1.14 bits per heavy atom. The Morgan fingerprint density at radius 2 is 1.79 bits per heavy atom. The molecule has 1 aromatic heterocycles. The topological polar surface area (TPSA) is 96.3 Å². The number of anilines is 1. The van der Waals surface area contributed by atoms with E-state index >= 15 is 0 Å². The third kappa shape index (κ3) is 3.87. The first-order valence-electron chi connectivity index (χ1n) is 9.71. The van der Waals surface area contributed by atoms with Crippen LogP contribution in [0.2, 0.25) is 0 Å². The summed E-state index contributed by atoms with van der Waals surface area (Å²) in [6, 6.07) is 8.74. The van der Waals surface area contributed by atoms with Crippen LogP contribution in [0.1, 0.15) is 57.7 Å². The molecule has 4 amide bonds. The lowest BCUT2D eigenvalue weighted by Crippen LogP contribution is -2.42. The number of nitrogens with one attached hydrogen (secondary N) is 2. The fourth-order valence-electron chi connectivity index (χ4n) is 3.39. The third-order valence-electron chi connectivity index (χ3n) is 5.16. The zero-order valence-electron chi connectivity index (χ0n) is 17.4. The van der Waals surface area contributed by atoms with Crippen LogP contribution in [0.5, 0.6) is 0 Å². The number of hydrogen-bond donors (Lipinski definition) is 2. The quantitative estimate of drug-likeness (QED) is 0.733. The Balaban J connectivity index is 1.74. The summed E-state index contributed by atoms with van der Waals surface area (Å²) >= 11 is 0. The molecule has 2 N–H and O–H groups in total. The van der Waals surface area contributed by atoms with Crippen molar-refractivity contribution in [3.8, 4) is 0 Å². The molecule has 3 rings (SSSR count). The van der Waals surface area contributed by atoms with Crippen LogP contribution in [0.25, 0.3) is 0 Å². The molecule has 1 atom stereocenters. The van der Waals surface area contributed by atoms with Crippen molar-refractivity contribution in [2.24, 2.45) is 0 Å². The van der Waals surface area contributed by atoms with Gasteiger partial charge < -0.3 is 10.6 Å². The minimum atomic E-state index is -1.20. The van der Waals surface area contributed by atoms with Crippen LogP contribution in [-0.2, 0) is 15.1 Å². The minimum Gasteiger partial charge on any atom is -0.319 e. The van der Waals surface area contributed by atoms with Crippen LogP contribution in [0, 0.1) is 0 Å². The molecule has 1 aromatic carbocycles. The van der Waals surface area contributed by atoms with E-state index in [4.69, 9.17) is 0 Å². The third-order valence-corrected chi connectivity index (χ3v) is 5.16. The molecule has 1 aliphatic rings. The summed E-state index contributed by atoms with van der Waals surface area (Å²) in [5.41, 5.74) is 0.625. The van der Waals surface area contributed by atoms with Crippen molar-refractivity contribution in [3.63, 3.8) is 0 Å². The maximum absolute atomic E-state index is 13.0. The Labute approximate surface area is 170 Å². The lowest BCUT2D eigenvalue weighted by atomic mass is 9.90. The van der Waals surface area contributed by atoms with Crippen molar-refractivity contribution >= 4 is 23.7 Å². The number of carbonyl (C=O) groups excluding carboxylic acids is 3. The number of nitrogens with zero attached hydrogens (tertiary/aromatic N) is 3. The van der Waals surface area contributed by atoms with E-state index in [2.05, 4.69) is 29.6 Å². The van der Waals surface area contributed by atoms with E-state index in [0.717, 1.165) is 10.5 Å². The fraction of sp³-hybridized carbons (Fsp3) is 0.429. The van der Waals surface area contributed by atoms with E-state index in [1.54, 1.807) is 23.9 Å². The first-order chi connectivity index (χ1) is 13.6. The molecule has 8 heteroatoms. The standard InChI is InChI=1S/C21H27N5O3/c1-13(2)15-6-8-16(9-7-15)21(5)19(28)25(20(29)24-21)12-18(27)23-17-10-11-22-26(17)14(3)4/h6-11,13-14H,12H2,1-5H3,(H,23,27)(H,24,29). The highest BCUT2D eigenvalue weighted by atomic mass is 16.2. The van der Waals surface area contributed by atoms with Gasteiger partial charge in [0.1, 0.15) is 17.9 Å². The molecule has 1 saturated heterocycles. The van der Waals surface area contributed by atoms with E-state index in [9.17, 15) is 14.4 Å². The van der Waals surface area contributed by atoms with Gasteiger partial charge in [0.2, 0.25) is 5.91 Å². The summed E-state index contributed by atoms with van der Waals surface area (Å²) in [5.74, 6) is -0.0306. The number of carbonyl (C=O) groups is 3. The molecule has 1 fully saturated rings. The SMILES string of the molecule is CC(C)c1ccc(C2(C)NC(=O)N(CC(=O)Nc3ccnn3C(C)C)C2=O)cc1. The average molecular weight is 397 g/mol. The molecule has 8 nitrogen and oxygen atoms in total. The molecule has 0 bridgehead atoms. The highest BCUT2D eigenvalue weighted by molar-refractivity contribution is 6.10. The predicted octanol–water partition coefficient (Wildman–Crippen LogP) is 2.99. The number of imide groups is 1. The van der Waals surface area contributed by atoms with Crippen molar-refractivity contribution in [2.75, 3.05) is 11.9 Å². The molecular weight excluding hydrogens is 370 g/mol. The van der Waals surface area contributed by atoms with E-state index in [0.29, 0.717) is 17.3 Å². The Hall–Kier alpha value is -3.16.